The lowest BCUT2D eigenvalue weighted by molar-refractivity contribution is 0.100. The van der Waals surface area contributed by atoms with Gasteiger partial charge in [-0.2, -0.15) is 0 Å². The highest BCUT2D eigenvalue weighted by atomic mass is 16.1. The molecule has 0 saturated heterocycles. The van der Waals surface area contributed by atoms with Gasteiger partial charge in [-0.15, -0.1) is 0 Å². The molecule has 1 aromatic rings. The summed E-state index contributed by atoms with van der Waals surface area (Å²) in [4.78, 5) is 10.9. The first-order valence-electron chi connectivity index (χ1n) is 5.30. The second-order valence-electron chi connectivity index (χ2n) is 3.88. The predicted octanol–water partition coefficient (Wildman–Crippen LogP) is 1.80. The minimum atomic E-state index is -0.393. The molecule has 0 heterocycles. The summed E-state index contributed by atoms with van der Waals surface area (Å²) in [6, 6.07) is 7.62. The molecular formula is C13H18N2O. The molecule has 3 heteroatoms. The van der Waals surface area contributed by atoms with Gasteiger partial charge in [0.15, 0.2) is 0 Å². The molecular weight excluding hydrogens is 200 g/mol. The number of rotatable bonds is 4. The Morgan fingerprint density at radius 3 is 2.38 bits per heavy atom. The Morgan fingerprint density at radius 1 is 1.38 bits per heavy atom. The van der Waals surface area contributed by atoms with E-state index in [9.17, 15) is 4.79 Å². The van der Waals surface area contributed by atoms with Gasteiger partial charge in [-0.25, -0.2) is 0 Å². The number of carbonyl (C=O) groups excluding carboxylic acids is 1. The van der Waals surface area contributed by atoms with Gasteiger partial charge in [-0.1, -0.05) is 23.8 Å². The summed E-state index contributed by atoms with van der Waals surface area (Å²) in [6.45, 7) is 4.17. The number of carbonyl (C=O) groups is 1. The Hall–Kier alpha value is -1.61. The van der Waals surface area contributed by atoms with Crippen LogP contribution < -0.4 is 11.1 Å². The van der Waals surface area contributed by atoms with E-state index in [1.54, 1.807) is 12.1 Å². The van der Waals surface area contributed by atoms with E-state index in [1.165, 1.54) is 5.57 Å². The fourth-order valence-electron chi connectivity index (χ4n) is 1.36. The van der Waals surface area contributed by atoms with E-state index in [0.717, 1.165) is 5.56 Å². The fraction of sp³-hybridized carbons (Fsp3) is 0.308. The number of amides is 1. The van der Waals surface area contributed by atoms with Crippen molar-refractivity contribution in [3.63, 3.8) is 0 Å². The quantitative estimate of drug-likeness (QED) is 0.809. The molecule has 0 spiro atoms. The molecule has 0 bridgehead atoms. The van der Waals surface area contributed by atoms with E-state index >= 15 is 0 Å². The molecule has 16 heavy (non-hydrogen) atoms. The first kappa shape index (κ1) is 12.5. The van der Waals surface area contributed by atoms with Gasteiger partial charge in [0.1, 0.15) is 0 Å². The first-order valence-corrected chi connectivity index (χ1v) is 5.30. The largest absolute Gasteiger partial charge is 0.366 e. The number of benzene rings is 1. The second kappa shape index (κ2) is 5.47. The van der Waals surface area contributed by atoms with E-state index in [1.807, 2.05) is 19.2 Å². The van der Waals surface area contributed by atoms with Crippen LogP contribution in [0.5, 0.6) is 0 Å². The molecule has 0 saturated carbocycles. The molecule has 0 aliphatic heterocycles. The van der Waals surface area contributed by atoms with Crippen LogP contribution in [0.2, 0.25) is 0 Å². The minimum absolute atomic E-state index is 0.343. The van der Waals surface area contributed by atoms with Crippen molar-refractivity contribution in [2.24, 2.45) is 5.73 Å². The molecule has 1 rings (SSSR count). The van der Waals surface area contributed by atoms with Crippen molar-refractivity contribution in [2.75, 3.05) is 7.05 Å². The van der Waals surface area contributed by atoms with Gasteiger partial charge < -0.3 is 11.1 Å². The molecule has 1 atom stereocenters. The molecule has 1 unspecified atom stereocenters. The van der Waals surface area contributed by atoms with Crippen molar-refractivity contribution in [1.29, 1.82) is 0 Å². The second-order valence-corrected chi connectivity index (χ2v) is 3.88. The Bertz CT molecular complexity index is 393. The summed E-state index contributed by atoms with van der Waals surface area (Å²) in [5.74, 6) is -0.393. The van der Waals surface area contributed by atoms with Crippen LogP contribution in [0.15, 0.2) is 29.8 Å². The van der Waals surface area contributed by atoms with E-state index in [2.05, 4.69) is 25.2 Å². The van der Waals surface area contributed by atoms with Crippen molar-refractivity contribution in [3.05, 3.63) is 41.0 Å². The van der Waals surface area contributed by atoms with E-state index < -0.39 is 5.91 Å². The number of nitrogens with two attached hydrogens (primary N) is 1. The van der Waals surface area contributed by atoms with Gasteiger partial charge in [0.25, 0.3) is 0 Å². The van der Waals surface area contributed by atoms with E-state index in [4.69, 9.17) is 5.73 Å². The van der Waals surface area contributed by atoms with E-state index in [0.29, 0.717) is 11.6 Å². The maximum Gasteiger partial charge on any atom is 0.248 e. The lowest BCUT2D eigenvalue weighted by Gasteiger charge is -2.10. The average Bonchev–Trinajstić information content (AvgIpc) is 2.28. The zero-order valence-electron chi connectivity index (χ0n) is 9.95. The Morgan fingerprint density at radius 2 is 1.94 bits per heavy atom. The summed E-state index contributed by atoms with van der Waals surface area (Å²) in [6.07, 6.45) is 2.09. The van der Waals surface area contributed by atoms with Gasteiger partial charge in [0.05, 0.1) is 0 Å². The van der Waals surface area contributed by atoms with Crippen molar-refractivity contribution < 1.29 is 4.79 Å². The van der Waals surface area contributed by atoms with Crippen LogP contribution in [0.4, 0.5) is 0 Å². The molecule has 0 radical (unpaired) electrons. The molecule has 1 amide bonds. The highest BCUT2D eigenvalue weighted by molar-refractivity contribution is 5.92. The predicted molar refractivity (Wildman–Crippen MR) is 67.1 cm³/mol. The van der Waals surface area contributed by atoms with Crippen LogP contribution in [-0.2, 0) is 0 Å². The third-order valence-corrected chi connectivity index (χ3v) is 2.71. The normalized spacial score (nSPS) is 13.6. The summed E-state index contributed by atoms with van der Waals surface area (Å²) in [7, 11) is 1.93. The number of likely N-dealkylation sites (N-methyl/N-ethyl adjacent to an activating group) is 1. The van der Waals surface area contributed by atoms with Crippen molar-refractivity contribution >= 4 is 12.0 Å². The fourth-order valence-corrected chi connectivity index (χ4v) is 1.36. The smallest absolute Gasteiger partial charge is 0.248 e. The summed E-state index contributed by atoms with van der Waals surface area (Å²) >= 11 is 0. The van der Waals surface area contributed by atoms with Crippen molar-refractivity contribution in [2.45, 2.75) is 19.9 Å². The average molecular weight is 218 g/mol. The van der Waals surface area contributed by atoms with Crippen LogP contribution in [0, 0.1) is 0 Å². The molecule has 3 nitrogen and oxygen atoms in total. The highest BCUT2D eigenvalue weighted by Crippen LogP contribution is 2.10. The number of hydrogen-bond acceptors (Lipinski definition) is 2. The van der Waals surface area contributed by atoms with Crippen LogP contribution in [0.1, 0.15) is 29.8 Å². The van der Waals surface area contributed by atoms with Gasteiger partial charge in [-0.3, -0.25) is 4.79 Å². The molecule has 3 N–H and O–H groups in total. The number of primary amides is 1. The zero-order valence-corrected chi connectivity index (χ0v) is 9.95. The lowest BCUT2D eigenvalue weighted by atomic mass is 10.1. The van der Waals surface area contributed by atoms with E-state index in [-0.39, 0.29) is 0 Å². The van der Waals surface area contributed by atoms with Crippen LogP contribution in [-0.4, -0.2) is 19.0 Å². The van der Waals surface area contributed by atoms with Gasteiger partial charge in [0.2, 0.25) is 5.91 Å². The lowest BCUT2D eigenvalue weighted by Crippen LogP contribution is -2.21. The minimum Gasteiger partial charge on any atom is -0.366 e. The number of hydrogen-bond donors (Lipinski definition) is 2. The highest BCUT2D eigenvalue weighted by Gasteiger charge is 2.01. The third-order valence-electron chi connectivity index (χ3n) is 2.71. The number of nitrogens with one attached hydrogen (secondary N) is 1. The third kappa shape index (κ3) is 3.21. The Labute approximate surface area is 96.3 Å². The summed E-state index contributed by atoms with van der Waals surface area (Å²) in [5, 5.41) is 3.17. The molecule has 0 aliphatic carbocycles. The molecule has 1 aromatic carbocycles. The maximum absolute atomic E-state index is 10.9. The molecule has 0 aromatic heterocycles. The monoisotopic (exact) mass is 218 g/mol. The summed E-state index contributed by atoms with van der Waals surface area (Å²) < 4.78 is 0. The molecule has 86 valence electrons. The Balaban J connectivity index is 2.86. The standard InChI is InChI=1S/C13H18N2O/c1-9(10(2)15-3)8-11-4-6-12(7-5-11)13(14)16/h4-8,10,15H,1-3H3,(H2,14,16)/b9-8+. The van der Waals surface area contributed by atoms with Gasteiger partial charge >= 0.3 is 0 Å². The SMILES string of the molecule is CNC(C)/C(C)=C/c1ccc(C(N)=O)cc1. The maximum atomic E-state index is 10.9. The van der Waals surface area contributed by atoms with Crippen molar-refractivity contribution in [3.8, 4) is 0 Å². The van der Waals surface area contributed by atoms with Crippen LogP contribution >= 0.6 is 0 Å². The Kier molecular flexibility index (Phi) is 4.26. The topological polar surface area (TPSA) is 55.1 Å². The van der Waals surface area contributed by atoms with Crippen LogP contribution in [0.25, 0.3) is 6.08 Å². The molecule has 0 aliphatic rings. The van der Waals surface area contributed by atoms with Crippen LogP contribution in [0.3, 0.4) is 0 Å². The zero-order chi connectivity index (χ0) is 12.1. The van der Waals surface area contributed by atoms with Gasteiger partial charge in [-0.05, 0) is 38.6 Å². The first-order chi connectivity index (χ1) is 7.54. The summed E-state index contributed by atoms with van der Waals surface area (Å²) in [5.41, 5.74) is 8.03. The molecule has 0 fully saturated rings. The van der Waals surface area contributed by atoms with Crippen molar-refractivity contribution in [1.82, 2.24) is 5.32 Å². The van der Waals surface area contributed by atoms with Gasteiger partial charge in [0, 0.05) is 11.6 Å².